The zero-order valence-corrected chi connectivity index (χ0v) is 9.36. The van der Waals surface area contributed by atoms with E-state index in [9.17, 15) is 4.79 Å². The molecule has 0 bridgehead atoms. The van der Waals surface area contributed by atoms with Crippen LogP contribution in [0.5, 0.6) is 0 Å². The van der Waals surface area contributed by atoms with E-state index < -0.39 is 0 Å². The topological polar surface area (TPSA) is 32.3 Å². The Morgan fingerprint density at radius 2 is 1.93 bits per heavy atom. The maximum absolute atomic E-state index is 11.5. The number of nitrogens with zero attached hydrogens (tertiary/aromatic N) is 1. The van der Waals surface area contributed by atoms with E-state index in [0.29, 0.717) is 13.0 Å². The molecule has 0 aromatic heterocycles. The summed E-state index contributed by atoms with van der Waals surface area (Å²) < 4.78 is 0. The maximum Gasteiger partial charge on any atom is 0.224 e. The third-order valence-electron chi connectivity index (χ3n) is 2.09. The van der Waals surface area contributed by atoms with Gasteiger partial charge in [0.15, 0.2) is 0 Å². The van der Waals surface area contributed by atoms with Crippen molar-refractivity contribution in [3.8, 4) is 0 Å². The van der Waals surface area contributed by atoms with Crippen molar-refractivity contribution in [2.75, 3.05) is 27.2 Å². The molecular formula is C12H18N2O. The standard InChI is InChI=1S/C12H18N2O/c1-14(2)9-8-13-12(15)10-11-6-4-3-5-7-11/h3-7H,8-10H2,1-2H3,(H,13,15). The Balaban J connectivity index is 2.25. The number of benzene rings is 1. The van der Waals surface area contributed by atoms with E-state index >= 15 is 0 Å². The molecule has 0 spiro atoms. The van der Waals surface area contributed by atoms with Crippen molar-refractivity contribution in [2.45, 2.75) is 6.42 Å². The largest absolute Gasteiger partial charge is 0.355 e. The van der Waals surface area contributed by atoms with Gasteiger partial charge in [-0.25, -0.2) is 0 Å². The van der Waals surface area contributed by atoms with Gasteiger partial charge in [0, 0.05) is 13.1 Å². The normalized spacial score (nSPS) is 10.3. The Kier molecular flexibility index (Phi) is 4.84. The molecule has 0 aliphatic rings. The van der Waals surface area contributed by atoms with Crippen molar-refractivity contribution in [3.05, 3.63) is 35.9 Å². The van der Waals surface area contributed by atoms with Gasteiger partial charge in [0.25, 0.3) is 0 Å². The minimum Gasteiger partial charge on any atom is -0.355 e. The van der Waals surface area contributed by atoms with Gasteiger partial charge in [0.1, 0.15) is 0 Å². The summed E-state index contributed by atoms with van der Waals surface area (Å²) >= 11 is 0. The average Bonchev–Trinajstić information content (AvgIpc) is 2.18. The lowest BCUT2D eigenvalue weighted by atomic mass is 10.1. The number of hydrogen-bond donors (Lipinski definition) is 1. The summed E-state index contributed by atoms with van der Waals surface area (Å²) in [7, 11) is 3.98. The van der Waals surface area contributed by atoms with Crippen LogP contribution in [0.4, 0.5) is 0 Å². The Bertz CT molecular complexity index is 296. The molecule has 3 heteroatoms. The van der Waals surface area contributed by atoms with Crippen LogP contribution in [0.1, 0.15) is 5.56 Å². The van der Waals surface area contributed by atoms with Gasteiger partial charge in [-0.2, -0.15) is 0 Å². The highest BCUT2D eigenvalue weighted by Crippen LogP contribution is 1.98. The summed E-state index contributed by atoms with van der Waals surface area (Å²) in [5.74, 6) is 0.0862. The Hall–Kier alpha value is -1.35. The first-order chi connectivity index (χ1) is 7.18. The van der Waals surface area contributed by atoms with Crippen LogP contribution in [0.2, 0.25) is 0 Å². The molecule has 1 N–H and O–H groups in total. The second-order valence-corrected chi connectivity index (χ2v) is 3.82. The highest BCUT2D eigenvalue weighted by Gasteiger charge is 2.01. The Morgan fingerprint density at radius 1 is 1.27 bits per heavy atom. The molecular weight excluding hydrogens is 188 g/mol. The van der Waals surface area contributed by atoms with Crippen molar-refractivity contribution in [1.82, 2.24) is 10.2 Å². The summed E-state index contributed by atoms with van der Waals surface area (Å²) in [6.07, 6.45) is 0.467. The van der Waals surface area contributed by atoms with Gasteiger partial charge < -0.3 is 10.2 Å². The van der Waals surface area contributed by atoms with Crippen molar-refractivity contribution >= 4 is 5.91 Å². The first-order valence-electron chi connectivity index (χ1n) is 5.14. The van der Waals surface area contributed by atoms with E-state index in [1.54, 1.807) is 0 Å². The zero-order valence-electron chi connectivity index (χ0n) is 9.36. The molecule has 1 aromatic carbocycles. The summed E-state index contributed by atoms with van der Waals surface area (Å²) in [5, 5.41) is 2.88. The lowest BCUT2D eigenvalue weighted by Crippen LogP contribution is -2.32. The van der Waals surface area contributed by atoms with Crippen molar-refractivity contribution in [1.29, 1.82) is 0 Å². The summed E-state index contributed by atoms with van der Waals surface area (Å²) in [6, 6.07) is 9.77. The van der Waals surface area contributed by atoms with Gasteiger partial charge >= 0.3 is 0 Å². The van der Waals surface area contributed by atoms with Crippen LogP contribution < -0.4 is 5.32 Å². The van der Waals surface area contributed by atoms with Crippen LogP contribution >= 0.6 is 0 Å². The van der Waals surface area contributed by atoms with E-state index in [1.165, 1.54) is 0 Å². The number of rotatable bonds is 5. The van der Waals surface area contributed by atoms with Crippen LogP contribution in [0.3, 0.4) is 0 Å². The highest BCUT2D eigenvalue weighted by molar-refractivity contribution is 5.78. The summed E-state index contributed by atoms with van der Waals surface area (Å²) in [5.41, 5.74) is 1.06. The number of hydrogen-bond acceptors (Lipinski definition) is 2. The van der Waals surface area contributed by atoms with E-state index in [-0.39, 0.29) is 5.91 Å². The van der Waals surface area contributed by atoms with Crippen molar-refractivity contribution in [3.63, 3.8) is 0 Å². The summed E-state index contributed by atoms with van der Waals surface area (Å²) in [6.45, 7) is 1.58. The fourth-order valence-electron chi connectivity index (χ4n) is 1.26. The quantitative estimate of drug-likeness (QED) is 0.776. The van der Waals surface area contributed by atoms with Crippen LogP contribution in [0, 0.1) is 0 Å². The van der Waals surface area contributed by atoms with Crippen LogP contribution in [-0.2, 0) is 11.2 Å². The molecule has 0 saturated carbocycles. The molecule has 0 aliphatic heterocycles. The lowest BCUT2D eigenvalue weighted by Gasteiger charge is -2.10. The second-order valence-electron chi connectivity index (χ2n) is 3.82. The van der Waals surface area contributed by atoms with Crippen LogP contribution in [0.25, 0.3) is 0 Å². The first-order valence-corrected chi connectivity index (χ1v) is 5.14. The van der Waals surface area contributed by atoms with Gasteiger partial charge in [-0.3, -0.25) is 4.79 Å². The minimum absolute atomic E-state index is 0.0862. The maximum atomic E-state index is 11.5. The van der Waals surface area contributed by atoms with Gasteiger partial charge in [0.05, 0.1) is 6.42 Å². The average molecular weight is 206 g/mol. The second kappa shape index (κ2) is 6.19. The third-order valence-corrected chi connectivity index (χ3v) is 2.09. The molecule has 0 heterocycles. The molecule has 0 atom stereocenters. The fourth-order valence-corrected chi connectivity index (χ4v) is 1.26. The lowest BCUT2D eigenvalue weighted by molar-refractivity contribution is -0.120. The smallest absolute Gasteiger partial charge is 0.224 e. The molecule has 1 amide bonds. The zero-order chi connectivity index (χ0) is 11.1. The number of carbonyl (C=O) groups is 1. The molecule has 0 saturated heterocycles. The monoisotopic (exact) mass is 206 g/mol. The minimum atomic E-state index is 0.0862. The highest BCUT2D eigenvalue weighted by atomic mass is 16.1. The predicted octanol–water partition coefficient (Wildman–Crippen LogP) is 0.907. The SMILES string of the molecule is CN(C)CCNC(=O)Cc1ccccc1. The van der Waals surface area contributed by atoms with Crippen molar-refractivity contribution < 1.29 is 4.79 Å². The van der Waals surface area contributed by atoms with Crippen LogP contribution in [0.15, 0.2) is 30.3 Å². The van der Waals surface area contributed by atoms with Gasteiger partial charge in [-0.05, 0) is 19.7 Å². The molecule has 82 valence electrons. The molecule has 0 aliphatic carbocycles. The molecule has 1 rings (SSSR count). The number of likely N-dealkylation sites (N-methyl/N-ethyl adjacent to an activating group) is 1. The Labute approximate surface area is 91.1 Å². The van der Waals surface area contributed by atoms with Gasteiger partial charge in [-0.15, -0.1) is 0 Å². The predicted molar refractivity (Wildman–Crippen MR) is 61.7 cm³/mol. The van der Waals surface area contributed by atoms with E-state index in [4.69, 9.17) is 0 Å². The molecule has 0 unspecified atom stereocenters. The number of amides is 1. The third kappa shape index (κ3) is 5.18. The van der Waals surface area contributed by atoms with E-state index in [1.807, 2.05) is 49.3 Å². The Morgan fingerprint density at radius 3 is 2.53 bits per heavy atom. The number of carbonyl (C=O) groups excluding carboxylic acids is 1. The van der Waals surface area contributed by atoms with E-state index in [0.717, 1.165) is 12.1 Å². The van der Waals surface area contributed by atoms with Gasteiger partial charge in [-0.1, -0.05) is 30.3 Å². The summed E-state index contributed by atoms with van der Waals surface area (Å²) in [4.78, 5) is 13.5. The molecule has 0 fully saturated rings. The molecule has 1 aromatic rings. The van der Waals surface area contributed by atoms with Crippen molar-refractivity contribution in [2.24, 2.45) is 0 Å². The molecule has 15 heavy (non-hydrogen) atoms. The fraction of sp³-hybridized carbons (Fsp3) is 0.417. The van der Waals surface area contributed by atoms with Gasteiger partial charge in [0.2, 0.25) is 5.91 Å². The molecule has 3 nitrogen and oxygen atoms in total. The van der Waals surface area contributed by atoms with Crippen LogP contribution in [-0.4, -0.2) is 38.0 Å². The number of nitrogens with one attached hydrogen (secondary N) is 1. The first kappa shape index (κ1) is 11.7. The van der Waals surface area contributed by atoms with E-state index in [2.05, 4.69) is 5.32 Å². The molecule has 0 radical (unpaired) electrons.